The lowest BCUT2D eigenvalue weighted by Crippen LogP contribution is -2.48. The Bertz CT molecular complexity index is 735. The van der Waals surface area contributed by atoms with E-state index in [4.69, 9.17) is 9.47 Å². The van der Waals surface area contributed by atoms with Gasteiger partial charge in [0.25, 0.3) is 0 Å². The van der Waals surface area contributed by atoms with Gasteiger partial charge in [-0.15, -0.1) is 0 Å². The van der Waals surface area contributed by atoms with Crippen LogP contribution in [0.4, 0.5) is 4.39 Å². The molecular weight excluding hydrogens is 359 g/mol. The molecule has 26 heavy (non-hydrogen) atoms. The van der Waals surface area contributed by atoms with Crippen LogP contribution in [0.3, 0.4) is 0 Å². The van der Waals surface area contributed by atoms with Crippen molar-refractivity contribution in [1.82, 2.24) is 9.62 Å². The number of halogens is 1. The van der Waals surface area contributed by atoms with E-state index in [2.05, 4.69) is 5.32 Å². The van der Waals surface area contributed by atoms with Gasteiger partial charge in [-0.05, 0) is 42.9 Å². The van der Waals surface area contributed by atoms with Gasteiger partial charge >= 0.3 is 0 Å². The summed E-state index contributed by atoms with van der Waals surface area (Å²) in [6.07, 6.45) is 3.59. The van der Waals surface area contributed by atoms with E-state index in [1.54, 1.807) is 6.07 Å². The van der Waals surface area contributed by atoms with E-state index in [0.29, 0.717) is 32.8 Å². The van der Waals surface area contributed by atoms with Gasteiger partial charge < -0.3 is 14.8 Å². The zero-order valence-corrected chi connectivity index (χ0v) is 16.1. The molecule has 1 atom stereocenters. The minimum absolute atomic E-state index is 0.232. The number of methoxy groups -OCH3 is 1. The van der Waals surface area contributed by atoms with Gasteiger partial charge in [0, 0.05) is 38.4 Å². The van der Waals surface area contributed by atoms with E-state index in [-0.39, 0.29) is 23.0 Å². The number of nitrogens with zero attached hydrogens (tertiary/aromatic N) is 1. The first kappa shape index (κ1) is 19.5. The van der Waals surface area contributed by atoms with Crippen molar-refractivity contribution in [2.45, 2.75) is 24.8 Å². The molecule has 3 rings (SSSR count). The second-order valence-electron chi connectivity index (χ2n) is 7.20. The molecule has 8 heteroatoms. The summed E-state index contributed by atoms with van der Waals surface area (Å²) in [5.74, 6) is 0.116. The summed E-state index contributed by atoms with van der Waals surface area (Å²) in [5, 5.41) is 3.62. The Morgan fingerprint density at radius 2 is 2.12 bits per heavy atom. The molecule has 6 nitrogen and oxygen atoms in total. The molecule has 0 radical (unpaired) electrons. The zero-order valence-electron chi connectivity index (χ0n) is 15.3. The Labute approximate surface area is 154 Å². The maximum absolute atomic E-state index is 14.2. The third-order valence-electron chi connectivity index (χ3n) is 5.50. The molecule has 0 spiro atoms. The van der Waals surface area contributed by atoms with E-state index in [1.165, 1.54) is 23.7 Å². The monoisotopic (exact) mass is 386 g/mol. The third kappa shape index (κ3) is 4.19. The zero-order chi connectivity index (χ0) is 18.8. The molecule has 0 saturated carbocycles. The lowest BCUT2D eigenvalue weighted by Gasteiger charge is -2.39. The Hall–Kier alpha value is -1.22. The topological polar surface area (TPSA) is 67.9 Å². The first-order valence-corrected chi connectivity index (χ1v) is 10.8. The van der Waals surface area contributed by atoms with Crippen molar-refractivity contribution in [2.24, 2.45) is 5.92 Å². The average Bonchev–Trinajstić information content (AvgIpc) is 3.10. The van der Waals surface area contributed by atoms with E-state index in [1.807, 2.05) is 6.07 Å². The molecule has 1 aromatic carbocycles. The van der Waals surface area contributed by atoms with Crippen LogP contribution in [-0.4, -0.2) is 58.9 Å². The van der Waals surface area contributed by atoms with Gasteiger partial charge in [-0.25, -0.2) is 17.1 Å². The van der Waals surface area contributed by atoms with Crippen LogP contribution in [0.1, 0.15) is 24.8 Å². The van der Waals surface area contributed by atoms with Gasteiger partial charge in [0.2, 0.25) is 10.0 Å². The fourth-order valence-corrected chi connectivity index (χ4v) is 4.77. The van der Waals surface area contributed by atoms with Crippen molar-refractivity contribution >= 4 is 10.0 Å². The summed E-state index contributed by atoms with van der Waals surface area (Å²) in [7, 11) is -1.68. The second-order valence-corrected chi connectivity index (χ2v) is 9.18. The predicted molar refractivity (Wildman–Crippen MR) is 97.2 cm³/mol. The highest BCUT2D eigenvalue weighted by Gasteiger charge is 2.36. The summed E-state index contributed by atoms with van der Waals surface area (Å²) >= 11 is 0. The molecule has 2 aliphatic heterocycles. The summed E-state index contributed by atoms with van der Waals surface area (Å²) in [4.78, 5) is 0. The first-order chi connectivity index (χ1) is 12.3. The highest BCUT2D eigenvalue weighted by atomic mass is 32.2. The van der Waals surface area contributed by atoms with Crippen LogP contribution < -0.4 is 10.1 Å². The highest BCUT2D eigenvalue weighted by Crippen LogP contribution is 2.35. The minimum Gasteiger partial charge on any atom is -0.494 e. The van der Waals surface area contributed by atoms with E-state index >= 15 is 0 Å². The van der Waals surface area contributed by atoms with Crippen molar-refractivity contribution in [1.29, 1.82) is 0 Å². The lowest BCUT2D eigenvalue weighted by molar-refractivity contribution is 0.0350. The normalized spacial score (nSPS) is 23.9. The van der Waals surface area contributed by atoms with Crippen LogP contribution >= 0.6 is 0 Å². The molecule has 0 aromatic heterocycles. The van der Waals surface area contributed by atoms with Crippen LogP contribution in [-0.2, 0) is 20.3 Å². The van der Waals surface area contributed by atoms with Gasteiger partial charge in [-0.3, -0.25) is 0 Å². The average molecular weight is 386 g/mol. The molecule has 2 saturated heterocycles. The standard InChI is InChI=1S/C18H27FN2O4S/c1-24-17-4-3-15(11-16(17)19)18(6-9-25-10-7-18)20-12-14-5-8-21(13-14)26(2,22)23/h3-4,11,14,20H,5-10,12-13H2,1-2H3. The van der Waals surface area contributed by atoms with Gasteiger partial charge in [-0.1, -0.05) is 6.07 Å². The maximum atomic E-state index is 14.2. The van der Waals surface area contributed by atoms with Gasteiger partial charge in [0.05, 0.1) is 13.4 Å². The van der Waals surface area contributed by atoms with Crippen molar-refractivity contribution in [3.63, 3.8) is 0 Å². The Kier molecular flexibility index (Phi) is 5.86. The maximum Gasteiger partial charge on any atom is 0.211 e. The fourth-order valence-electron chi connectivity index (χ4n) is 3.86. The third-order valence-corrected chi connectivity index (χ3v) is 6.77. The van der Waals surface area contributed by atoms with E-state index in [9.17, 15) is 12.8 Å². The molecule has 1 aromatic rings. The lowest BCUT2D eigenvalue weighted by atomic mass is 9.82. The molecule has 2 heterocycles. The summed E-state index contributed by atoms with van der Waals surface area (Å²) < 4.78 is 49.7. The van der Waals surface area contributed by atoms with Gasteiger partial charge in [0.1, 0.15) is 0 Å². The molecule has 2 aliphatic rings. The largest absolute Gasteiger partial charge is 0.494 e. The van der Waals surface area contributed by atoms with Crippen LogP contribution in [0.15, 0.2) is 18.2 Å². The molecule has 0 bridgehead atoms. The summed E-state index contributed by atoms with van der Waals surface area (Å²) in [6.45, 7) is 3.02. The molecule has 2 fully saturated rings. The quantitative estimate of drug-likeness (QED) is 0.806. The molecule has 0 aliphatic carbocycles. The smallest absolute Gasteiger partial charge is 0.211 e. The van der Waals surface area contributed by atoms with Crippen molar-refractivity contribution < 1.29 is 22.3 Å². The SMILES string of the molecule is COc1ccc(C2(NCC3CCN(S(C)(=O)=O)C3)CCOCC2)cc1F. The second kappa shape index (κ2) is 7.80. The molecule has 146 valence electrons. The van der Waals surface area contributed by atoms with E-state index < -0.39 is 10.0 Å². The van der Waals surface area contributed by atoms with Crippen molar-refractivity contribution in [2.75, 3.05) is 46.2 Å². The number of benzene rings is 1. The fraction of sp³-hybridized carbons (Fsp3) is 0.667. The van der Waals surface area contributed by atoms with Crippen LogP contribution in [0.5, 0.6) is 5.75 Å². The summed E-state index contributed by atoms with van der Waals surface area (Å²) in [5.41, 5.74) is 0.529. The van der Waals surface area contributed by atoms with E-state index in [0.717, 1.165) is 24.8 Å². The Morgan fingerprint density at radius 1 is 1.38 bits per heavy atom. The van der Waals surface area contributed by atoms with Crippen LogP contribution in [0, 0.1) is 11.7 Å². The van der Waals surface area contributed by atoms with Gasteiger partial charge in [0.15, 0.2) is 11.6 Å². The predicted octanol–water partition coefficient (Wildman–Crippen LogP) is 1.71. The number of hydrogen-bond acceptors (Lipinski definition) is 5. The van der Waals surface area contributed by atoms with Crippen molar-refractivity contribution in [3.05, 3.63) is 29.6 Å². The molecule has 0 amide bonds. The number of rotatable bonds is 6. The van der Waals surface area contributed by atoms with Gasteiger partial charge in [-0.2, -0.15) is 0 Å². The van der Waals surface area contributed by atoms with Crippen molar-refractivity contribution in [3.8, 4) is 5.75 Å². The molecule has 1 N–H and O–H groups in total. The number of ether oxygens (including phenoxy) is 2. The van der Waals surface area contributed by atoms with Crippen LogP contribution in [0.25, 0.3) is 0 Å². The number of nitrogens with one attached hydrogen (secondary N) is 1. The molecular formula is C18H27FN2O4S. The Morgan fingerprint density at radius 3 is 2.69 bits per heavy atom. The highest BCUT2D eigenvalue weighted by molar-refractivity contribution is 7.88. The Balaban J connectivity index is 1.73. The van der Waals surface area contributed by atoms with Crippen LogP contribution in [0.2, 0.25) is 0 Å². The molecule has 1 unspecified atom stereocenters. The summed E-state index contributed by atoms with van der Waals surface area (Å²) in [6, 6.07) is 5.09. The first-order valence-electron chi connectivity index (χ1n) is 8.96. The number of hydrogen-bond donors (Lipinski definition) is 1. The number of sulfonamides is 1. The minimum atomic E-state index is -3.14.